The number of nitrogens with one attached hydrogen (secondary N) is 1. The maximum absolute atomic E-state index is 13.1. The van der Waals surface area contributed by atoms with Crippen molar-refractivity contribution in [2.45, 2.75) is 103 Å². The number of methoxy groups -OCH3 is 1. The van der Waals surface area contributed by atoms with Crippen molar-refractivity contribution in [1.29, 1.82) is 0 Å². The van der Waals surface area contributed by atoms with E-state index < -0.39 is 38.5 Å². The molecule has 12 nitrogen and oxygen atoms in total. The Kier molecular flexibility index (Phi) is 26.4. The molecule has 2 saturated heterocycles. The van der Waals surface area contributed by atoms with Gasteiger partial charge >= 0.3 is 0 Å². The van der Waals surface area contributed by atoms with Crippen LogP contribution < -0.4 is 10.1 Å². The number of aryl methyl sites for hydroxylation is 1. The van der Waals surface area contributed by atoms with Crippen LogP contribution in [0.1, 0.15) is 86.3 Å². The molecule has 8 rings (SSSR count). The van der Waals surface area contributed by atoms with Gasteiger partial charge in [0.2, 0.25) is 0 Å². The van der Waals surface area contributed by atoms with Crippen LogP contribution >= 0.6 is 0 Å². The van der Waals surface area contributed by atoms with Gasteiger partial charge in [0.05, 0.1) is 20.0 Å². The molecule has 0 radical (unpaired) electrons. The number of rotatable bonds is 12. The summed E-state index contributed by atoms with van der Waals surface area (Å²) in [5.41, 5.74) is 4.02. The summed E-state index contributed by atoms with van der Waals surface area (Å²) in [6, 6.07) is 35.2. The molecule has 74 heavy (non-hydrogen) atoms. The highest BCUT2D eigenvalue weighted by Crippen LogP contribution is 2.45. The number of aromatic nitrogens is 4. The van der Waals surface area contributed by atoms with Gasteiger partial charge in [0.15, 0.2) is 31.5 Å². The molecule has 2 N–H and O–H groups in total. The molecule has 2 fully saturated rings. The molecule has 4 aromatic carbocycles. The third-order valence-electron chi connectivity index (χ3n) is 12.1. The second-order valence-electron chi connectivity index (χ2n) is 17.6. The molecule has 0 aliphatic carbocycles. The van der Waals surface area contributed by atoms with E-state index in [2.05, 4.69) is 120 Å². The van der Waals surface area contributed by atoms with E-state index in [4.69, 9.17) is 23.4 Å². The lowest BCUT2D eigenvalue weighted by molar-refractivity contribution is -0.0930. The summed E-state index contributed by atoms with van der Waals surface area (Å²) in [7, 11) is 13.7. The molecule has 6 aromatic rings. The highest BCUT2D eigenvalue weighted by Gasteiger charge is 2.52. The Bertz CT molecular complexity index is 3100. The summed E-state index contributed by atoms with van der Waals surface area (Å²) in [4.78, 5) is 26.5. The molecule has 400 valence electrons. The van der Waals surface area contributed by atoms with Crippen molar-refractivity contribution in [3.63, 3.8) is 0 Å². The Morgan fingerprint density at radius 1 is 0.784 bits per heavy atom. The summed E-state index contributed by atoms with van der Waals surface area (Å²) in [6.45, 7) is 18.9. The minimum absolute atomic E-state index is 0.0572. The van der Waals surface area contributed by atoms with E-state index in [-0.39, 0.29) is 23.4 Å². The first kappa shape index (κ1) is 62.0. The third-order valence-corrected chi connectivity index (χ3v) is 34.3. The van der Waals surface area contributed by atoms with Crippen LogP contribution in [-0.2, 0) is 127 Å². The van der Waals surface area contributed by atoms with Crippen molar-refractivity contribution < 1.29 is 33.3 Å². The molecule has 2 aliphatic heterocycles. The average molecular weight is 1230 g/mol. The van der Waals surface area contributed by atoms with Crippen LogP contribution in [0, 0.1) is 6.92 Å². The van der Waals surface area contributed by atoms with E-state index >= 15 is 0 Å². The Balaban J connectivity index is 0.000000480. The van der Waals surface area contributed by atoms with Crippen LogP contribution in [0.3, 0.4) is 0 Å². The van der Waals surface area contributed by atoms with Crippen molar-refractivity contribution in [2.24, 2.45) is 0 Å². The first-order valence-electron chi connectivity index (χ1n) is 23.5. The van der Waals surface area contributed by atoms with Gasteiger partial charge in [0, 0.05) is 121 Å². The van der Waals surface area contributed by atoms with Crippen molar-refractivity contribution in [2.75, 3.05) is 32.2 Å². The molecule has 2 aliphatic rings. The lowest BCUT2D eigenvalue weighted by Crippen LogP contribution is -2.50. The summed E-state index contributed by atoms with van der Waals surface area (Å²) in [5, 5.41) is 15.0. The van der Waals surface area contributed by atoms with Crippen LogP contribution in [-0.4, -0.2) is 84.1 Å². The number of imidazole rings is 1. The number of anilines is 1. The number of ether oxygens (including phenoxy) is 4. The lowest BCUT2D eigenvalue weighted by Gasteiger charge is -2.41. The highest BCUT2D eigenvalue weighted by atomic mass is 33.4. The highest BCUT2D eigenvalue weighted by molar-refractivity contribution is 8.74. The molecular formula is C50H63N5O7S11Si. The van der Waals surface area contributed by atoms with Gasteiger partial charge in [0.1, 0.15) is 36.0 Å². The van der Waals surface area contributed by atoms with Crippen molar-refractivity contribution >= 4 is 134 Å². The first-order chi connectivity index (χ1) is 35.7. The fourth-order valence-electron chi connectivity index (χ4n) is 7.48. The van der Waals surface area contributed by atoms with Gasteiger partial charge in [-0.1, -0.05) is 125 Å². The Hall–Kier alpha value is -2.86. The molecule has 24 heteroatoms. The number of carbonyl (C=O) groups is 1. The number of aliphatic hydroxyl groups excluding tert-OH is 1. The van der Waals surface area contributed by atoms with Crippen LogP contribution in [0.4, 0.5) is 5.82 Å². The van der Waals surface area contributed by atoms with E-state index in [1.54, 1.807) is 104 Å². The maximum atomic E-state index is 13.1. The number of benzene rings is 4. The van der Waals surface area contributed by atoms with E-state index in [0.29, 0.717) is 16.7 Å². The summed E-state index contributed by atoms with van der Waals surface area (Å²) >= 11 is 9.35. The number of hydrogen-bond acceptors (Lipinski definition) is 12. The van der Waals surface area contributed by atoms with Gasteiger partial charge in [-0.05, 0) is 78.9 Å². The van der Waals surface area contributed by atoms with E-state index in [1.807, 2.05) is 62.4 Å². The predicted molar refractivity (Wildman–Crippen MR) is 331 cm³/mol. The van der Waals surface area contributed by atoms with Gasteiger partial charge in [-0.25, -0.2) is 15.0 Å². The molecule has 1 amide bonds. The summed E-state index contributed by atoms with van der Waals surface area (Å²) < 4.78 is 33.3. The van der Waals surface area contributed by atoms with E-state index in [9.17, 15) is 9.90 Å². The monoisotopic (exact) mass is 1230 g/mol. The smallest absolute Gasteiger partial charge is 0.256 e. The number of aliphatic hydroxyl groups is 1. The summed E-state index contributed by atoms with van der Waals surface area (Å²) in [6.07, 6.45) is 1.92. The first-order valence-corrected chi connectivity index (χ1v) is 39.8. The second-order valence-corrected chi connectivity index (χ2v) is 38.3. The zero-order chi connectivity index (χ0) is 53.6. The minimum Gasteiger partial charge on any atom is -0.497 e. The van der Waals surface area contributed by atoms with Crippen molar-refractivity contribution in [3.05, 3.63) is 150 Å². The molecule has 2 aromatic heterocycles. The molecule has 0 spiro atoms. The molecule has 0 bridgehead atoms. The normalized spacial score (nSPS) is 17.7. The van der Waals surface area contributed by atoms with Gasteiger partial charge in [-0.2, -0.15) is 0 Å². The zero-order valence-corrected chi connectivity index (χ0v) is 52.5. The molecule has 2 unspecified atom stereocenters. The van der Waals surface area contributed by atoms with Crippen LogP contribution in [0.15, 0.2) is 122 Å². The average Bonchev–Trinajstić information content (AvgIpc) is 4.21. The molecule has 5 atom stereocenters. The van der Waals surface area contributed by atoms with Crippen LogP contribution in [0.25, 0.3) is 11.2 Å². The number of amides is 1. The van der Waals surface area contributed by atoms with E-state index in [1.165, 1.54) is 36.9 Å². The van der Waals surface area contributed by atoms with Gasteiger partial charge in [-0.15, -0.1) is 0 Å². The van der Waals surface area contributed by atoms with Crippen molar-refractivity contribution in [1.82, 2.24) is 19.5 Å². The Morgan fingerprint density at radius 3 is 1.85 bits per heavy atom. The molecule has 0 saturated carbocycles. The standard InChI is InChI=1S/C44H49N5O6Si.C4H8O.C2H6.S11/c1-29-18-20-32(21-19-29)44(31-16-12-9-13-17-31,33-22-24-34(52-5)25-23-33)53-26-35-38(55-56(6,7)43(2,3)4)37(50)42(54-35)49-28-47-36-39(45-27-46-40(36)49)48-41(51)30-14-10-8-11-15-30;1-2-4-5-3-1;1-2;1-3-5-7-9-11-10-8-6-4-2/h8-25,27-28,35,37-38,42,50H,26H2,1-7H3,(H,45,46,48,51);1-4H2;1-2H3;/t35-,37+,38?,42-,44?;;;/m1.../s1. The zero-order valence-electron chi connectivity index (χ0n) is 42.6. The SMILES string of the molecule is C1CCOC1.CC.COc1ccc(C(OC[C@H]2O[C@@H](n3cnc4c(NC(=O)c5ccccc5)ncnc43)[C@@H](O)C2O[Si](C)(C)C(C)(C)C)(c2ccccc2)c2ccc(C)cc2)cc1.S=S=S=S=S=S=S=S=S=S=S. The topological polar surface area (TPSA) is 139 Å². The number of nitrogens with zero attached hydrogens (tertiary/aromatic N) is 4. The van der Waals surface area contributed by atoms with Crippen molar-refractivity contribution in [3.8, 4) is 5.75 Å². The maximum Gasteiger partial charge on any atom is 0.256 e. The second kappa shape index (κ2) is 31.5. The molecule has 4 heterocycles. The van der Waals surface area contributed by atoms with Crippen LogP contribution in [0.5, 0.6) is 5.75 Å². The fraction of sp³-hybridized carbons (Fsp3) is 0.400. The quantitative estimate of drug-likeness (QED) is 0.0891. The van der Waals surface area contributed by atoms with Gasteiger partial charge in [0.25, 0.3) is 5.91 Å². The van der Waals surface area contributed by atoms with E-state index in [0.717, 1.165) is 41.2 Å². The fourth-order valence-corrected chi connectivity index (χ4v) is 28.0. The lowest BCUT2D eigenvalue weighted by atomic mass is 9.79. The largest absolute Gasteiger partial charge is 0.497 e. The Morgan fingerprint density at radius 2 is 1.32 bits per heavy atom. The summed E-state index contributed by atoms with van der Waals surface area (Å²) in [5.74, 6) is 0.644. The van der Waals surface area contributed by atoms with Gasteiger partial charge < -0.3 is 33.8 Å². The number of carbonyl (C=O) groups excluding carboxylic acids is 1. The van der Waals surface area contributed by atoms with Crippen LogP contribution in [0.2, 0.25) is 18.1 Å². The third kappa shape index (κ3) is 17.1. The number of fused-ring (bicyclic) bond motifs is 1. The molecular weight excluding hydrogens is 1160 g/mol. The number of hydrogen-bond donors (Lipinski definition) is 2. The van der Waals surface area contributed by atoms with Gasteiger partial charge in [-0.3, -0.25) is 9.36 Å². The minimum atomic E-state index is -2.47. The predicted octanol–water partition coefficient (Wildman–Crippen LogP) is 9.85. The Labute approximate surface area is 472 Å².